The van der Waals surface area contributed by atoms with Gasteiger partial charge in [0, 0.05) is 39.6 Å². The molecule has 1 heterocycles. The van der Waals surface area contributed by atoms with Crippen molar-refractivity contribution in [2.75, 3.05) is 46.4 Å². The highest BCUT2D eigenvalue weighted by molar-refractivity contribution is 5.79. The molecule has 0 unspecified atom stereocenters. The number of hydrogen-bond acceptors (Lipinski definition) is 4. The molecular formula is C18H27N3O3. The molecule has 0 aromatic heterocycles. The Bertz CT molecular complexity index is 551. The molecule has 24 heavy (non-hydrogen) atoms. The second kappa shape index (κ2) is 8.68. The highest BCUT2D eigenvalue weighted by Crippen LogP contribution is 2.13. The highest BCUT2D eigenvalue weighted by Gasteiger charge is 2.22. The van der Waals surface area contributed by atoms with Gasteiger partial charge in [0.1, 0.15) is 5.75 Å². The van der Waals surface area contributed by atoms with E-state index >= 15 is 0 Å². The summed E-state index contributed by atoms with van der Waals surface area (Å²) in [5, 5.41) is 0. The quantitative estimate of drug-likeness (QED) is 0.785. The fourth-order valence-electron chi connectivity index (χ4n) is 2.83. The SMILES string of the molecule is CCOc1ccc(CN(C)CC(=O)N2CCN(C(C)=O)CC2)cc1. The average Bonchev–Trinajstić information content (AvgIpc) is 2.57. The summed E-state index contributed by atoms with van der Waals surface area (Å²) in [7, 11) is 1.94. The number of rotatable bonds is 6. The van der Waals surface area contributed by atoms with E-state index in [4.69, 9.17) is 4.74 Å². The molecule has 0 spiro atoms. The van der Waals surface area contributed by atoms with E-state index in [1.54, 1.807) is 11.8 Å². The lowest BCUT2D eigenvalue weighted by Crippen LogP contribution is -2.51. The van der Waals surface area contributed by atoms with Gasteiger partial charge in [-0.1, -0.05) is 12.1 Å². The zero-order chi connectivity index (χ0) is 17.5. The largest absolute Gasteiger partial charge is 0.494 e. The lowest BCUT2D eigenvalue weighted by Gasteiger charge is -2.35. The van der Waals surface area contributed by atoms with E-state index in [1.165, 1.54) is 0 Å². The number of nitrogens with zero attached hydrogens (tertiary/aromatic N) is 3. The van der Waals surface area contributed by atoms with Crippen LogP contribution in [0.2, 0.25) is 0 Å². The van der Waals surface area contributed by atoms with Crippen LogP contribution in [0.15, 0.2) is 24.3 Å². The van der Waals surface area contributed by atoms with E-state index < -0.39 is 0 Å². The number of amides is 2. The van der Waals surface area contributed by atoms with E-state index in [9.17, 15) is 9.59 Å². The maximum Gasteiger partial charge on any atom is 0.236 e. The molecule has 0 bridgehead atoms. The van der Waals surface area contributed by atoms with Crippen LogP contribution in [-0.4, -0.2) is 72.9 Å². The van der Waals surface area contributed by atoms with Crippen LogP contribution in [0, 0.1) is 0 Å². The summed E-state index contributed by atoms with van der Waals surface area (Å²) < 4.78 is 5.43. The van der Waals surface area contributed by atoms with Crippen molar-refractivity contribution in [2.45, 2.75) is 20.4 Å². The molecule has 0 N–H and O–H groups in total. The molecule has 1 fully saturated rings. The molecule has 2 rings (SSSR count). The van der Waals surface area contributed by atoms with Gasteiger partial charge in [0.2, 0.25) is 11.8 Å². The molecule has 1 saturated heterocycles. The smallest absolute Gasteiger partial charge is 0.236 e. The number of likely N-dealkylation sites (N-methyl/N-ethyl adjacent to an activating group) is 1. The minimum absolute atomic E-state index is 0.0784. The molecule has 0 atom stereocenters. The van der Waals surface area contributed by atoms with Gasteiger partial charge in [0.25, 0.3) is 0 Å². The van der Waals surface area contributed by atoms with Gasteiger partial charge in [-0.25, -0.2) is 0 Å². The van der Waals surface area contributed by atoms with Crippen LogP contribution in [-0.2, 0) is 16.1 Å². The molecule has 0 radical (unpaired) electrons. The second-order valence-corrected chi connectivity index (χ2v) is 6.14. The van der Waals surface area contributed by atoms with Gasteiger partial charge in [-0.05, 0) is 31.7 Å². The van der Waals surface area contributed by atoms with Crippen molar-refractivity contribution in [3.05, 3.63) is 29.8 Å². The van der Waals surface area contributed by atoms with Crippen molar-refractivity contribution < 1.29 is 14.3 Å². The van der Waals surface area contributed by atoms with Crippen LogP contribution in [0.5, 0.6) is 5.75 Å². The molecule has 0 aliphatic carbocycles. The number of benzene rings is 1. The zero-order valence-electron chi connectivity index (χ0n) is 14.8. The summed E-state index contributed by atoms with van der Waals surface area (Å²) in [5.41, 5.74) is 1.15. The fraction of sp³-hybridized carbons (Fsp3) is 0.556. The third-order valence-corrected chi connectivity index (χ3v) is 4.17. The van der Waals surface area contributed by atoms with Crippen molar-refractivity contribution in [3.63, 3.8) is 0 Å². The van der Waals surface area contributed by atoms with E-state index in [2.05, 4.69) is 0 Å². The van der Waals surface area contributed by atoms with Gasteiger partial charge in [-0.15, -0.1) is 0 Å². The van der Waals surface area contributed by atoms with Gasteiger partial charge in [0.05, 0.1) is 13.2 Å². The second-order valence-electron chi connectivity index (χ2n) is 6.14. The van der Waals surface area contributed by atoms with E-state index in [1.807, 2.05) is 48.0 Å². The van der Waals surface area contributed by atoms with Crippen LogP contribution >= 0.6 is 0 Å². The summed E-state index contributed by atoms with van der Waals surface area (Å²) in [6.45, 7) is 7.78. The summed E-state index contributed by atoms with van der Waals surface area (Å²) in [6.07, 6.45) is 0. The summed E-state index contributed by atoms with van der Waals surface area (Å²) in [6, 6.07) is 7.96. The van der Waals surface area contributed by atoms with Crippen LogP contribution in [0.25, 0.3) is 0 Å². The van der Waals surface area contributed by atoms with Gasteiger partial charge in [0.15, 0.2) is 0 Å². The first-order valence-corrected chi connectivity index (χ1v) is 8.43. The Morgan fingerprint density at radius 1 is 1.08 bits per heavy atom. The van der Waals surface area contributed by atoms with E-state index in [0.717, 1.165) is 11.3 Å². The summed E-state index contributed by atoms with van der Waals surface area (Å²) >= 11 is 0. The predicted molar refractivity (Wildman–Crippen MR) is 92.8 cm³/mol. The van der Waals surface area contributed by atoms with Crippen LogP contribution in [0.4, 0.5) is 0 Å². The zero-order valence-corrected chi connectivity index (χ0v) is 14.8. The Labute approximate surface area is 144 Å². The summed E-state index contributed by atoms with van der Waals surface area (Å²) in [5.74, 6) is 1.06. The van der Waals surface area contributed by atoms with E-state index in [0.29, 0.717) is 45.9 Å². The number of ether oxygens (including phenoxy) is 1. The van der Waals surface area contributed by atoms with Crippen molar-refractivity contribution in [3.8, 4) is 5.75 Å². The van der Waals surface area contributed by atoms with Crippen molar-refractivity contribution in [1.29, 1.82) is 0 Å². The van der Waals surface area contributed by atoms with Gasteiger partial charge in [-0.3, -0.25) is 14.5 Å². The van der Waals surface area contributed by atoms with Crippen LogP contribution in [0.3, 0.4) is 0 Å². The van der Waals surface area contributed by atoms with Crippen molar-refractivity contribution in [1.82, 2.24) is 14.7 Å². The monoisotopic (exact) mass is 333 g/mol. The van der Waals surface area contributed by atoms with Crippen molar-refractivity contribution >= 4 is 11.8 Å². The minimum Gasteiger partial charge on any atom is -0.494 e. The lowest BCUT2D eigenvalue weighted by molar-refractivity contribution is -0.139. The molecule has 1 aliphatic heterocycles. The minimum atomic E-state index is 0.0784. The number of carbonyl (C=O) groups excluding carboxylic acids is 2. The number of carbonyl (C=O) groups is 2. The Hall–Kier alpha value is -2.08. The molecular weight excluding hydrogens is 306 g/mol. The Morgan fingerprint density at radius 2 is 1.67 bits per heavy atom. The van der Waals surface area contributed by atoms with Crippen LogP contribution in [0.1, 0.15) is 19.4 Å². The van der Waals surface area contributed by atoms with Gasteiger partial charge < -0.3 is 14.5 Å². The first-order chi connectivity index (χ1) is 11.5. The molecule has 1 aliphatic rings. The molecule has 132 valence electrons. The molecule has 2 amide bonds. The molecule has 6 heteroatoms. The average molecular weight is 333 g/mol. The maximum atomic E-state index is 12.4. The van der Waals surface area contributed by atoms with E-state index in [-0.39, 0.29) is 11.8 Å². The lowest BCUT2D eigenvalue weighted by atomic mass is 10.2. The highest BCUT2D eigenvalue weighted by atomic mass is 16.5. The van der Waals surface area contributed by atoms with Crippen LogP contribution < -0.4 is 4.74 Å². The fourth-order valence-corrected chi connectivity index (χ4v) is 2.83. The third-order valence-electron chi connectivity index (χ3n) is 4.17. The van der Waals surface area contributed by atoms with Crippen molar-refractivity contribution in [2.24, 2.45) is 0 Å². The third kappa shape index (κ3) is 5.23. The topological polar surface area (TPSA) is 53.1 Å². The molecule has 0 saturated carbocycles. The first-order valence-electron chi connectivity index (χ1n) is 8.43. The first kappa shape index (κ1) is 18.3. The summed E-state index contributed by atoms with van der Waals surface area (Å²) in [4.78, 5) is 29.3. The Kier molecular flexibility index (Phi) is 6.61. The standard InChI is InChI=1S/C18H27N3O3/c1-4-24-17-7-5-16(6-8-17)13-19(3)14-18(23)21-11-9-20(10-12-21)15(2)22/h5-8H,4,9-14H2,1-3H3. The molecule has 6 nitrogen and oxygen atoms in total. The predicted octanol–water partition coefficient (Wildman–Crippen LogP) is 1.21. The Morgan fingerprint density at radius 3 is 2.21 bits per heavy atom. The normalized spacial score (nSPS) is 14.8. The maximum absolute atomic E-state index is 12.4. The molecule has 1 aromatic rings. The Balaban J connectivity index is 1.78. The molecule has 1 aromatic carbocycles. The van der Waals surface area contributed by atoms with Gasteiger partial charge >= 0.3 is 0 Å². The number of piperazine rings is 1. The number of hydrogen-bond donors (Lipinski definition) is 0. The van der Waals surface area contributed by atoms with Gasteiger partial charge in [-0.2, -0.15) is 0 Å².